The summed E-state index contributed by atoms with van der Waals surface area (Å²) in [6.07, 6.45) is 0.460. The van der Waals surface area contributed by atoms with Gasteiger partial charge in [-0.1, -0.05) is 27.5 Å². The number of benzene rings is 1. The average molecular weight is 334 g/mol. The molecule has 1 heterocycles. The highest BCUT2D eigenvalue weighted by molar-refractivity contribution is 9.09. The predicted octanol–water partition coefficient (Wildman–Crippen LogP) is 3.00. The standard InChI is InChI=1S/C11H10BrClN2O3/c12-5-7-3-11(16)14(6-7)8-1-2-9(13)10(4-8)15(17)18/h1-2,4,7H,3,5-6H2. The van der Waals surface area contributed by atoms with Crippen LogP contribution in [0.1, 0.15) is 6.42 Å². The maximum Gasteiger partial charge on any atom is 0.289 e. The largest absolute Gasteiger partial charge is 0.312 e. The summed E-state index contributed by atoms with van der Waals surface area (Å²) < 4.78 is 0. The van der Waals surface area contributed by atoms with Gasteiger partial charge in [-0.05, 0) is 18.1 Å². The molecule has 96 valence electrons. The second kappa shape index (κ2) is 5.24. The first-order valence-electron chi connectivity index (χ1n) is 5.33. The molecule has 1 aliphatic heterocycles. The predicted molar refractivity (Wildman–Crippen MR) is 72.4 cm³/mol. The highest BCUT2D eigenvalue weighted by atomic mass is 79.9. The first-order chi connectivity index (χ1) is 8.52. The molecule has 1 fully saturated rings. The Bertz CT molecular complexity index is 509. The van der Waals surface area contributed by atoms with Crippen LogP contribution >= 0.6 is 27.5 Å². The van der Waals surface area contributed by atoms with Crippen LogP contribution in [0.15, 0.2) is 18.2 Å². The molecule has 0 saturated carbocycles. The zero-order valence-electron chi connectivity index (χ0n) is 9.31. The minimum absolute atomic E-state index is 0.0175. The van der Waals surface area contributed by atoms with Crippen LogP contribution in [0.25, 0.3) is 0 Å². The molecule has 1 unspecified atom stereocenters. The van der Waals surface area contributed by atoms with Gasteiger partial charge >= 0.3 is 0 Å². The van der Waals surface area contributed by atoms with Crippen molar-refractivity contribution in [3.8, 4) is 0 Å². The molecule has 0 aliphatic carbocycles. The third-order valence-corrected chi connectivity index (χ3v) is 4.10. The SMILES string of the molecule is O=C1CC(CBr)CN1c1ccc(Cl)c([N+](=O)[O-])c1. The van der Waals surface area contributed by atoms with E-state index < -0.39 is 4.92 Å². The summed E-state index contributed by atoms with van der Waals surface area (Å²) in [6.45, 7) is 0.572. The van der Waals surface area contributed by atoms with Crippen molar-refractivity contribution in [3.63, 3.8) is 0 Å². The summed E-state index contributed by atoms with van der Waals surface area (Å²) in [5.74, 6) is 0.225. The Morgan fingerprint density at radius 1 is 1.56 bits per heavy atom. The van der Waals surface area contributed by atoms with Crippen molar-refractivity contribution in [2.45, 2.75) is 6.42 Å². The Balaban J connectivity index is 2.32. The number of amides is 1. The third kappa shape index (κ3) is 2.49. The molecule has 0 aromatic heterocycles. The molecule has 1 saturated heterocycles. The van der Waals surface area contributed by atoms with Gasteiger partial charge in [-0.2, -0.15) is 0 Å². The molecular formula is C11H10BrClN2O3. The molecule has 0 bridgehead atoms. The van der Waals surface area contributed by atoms with Crippen LogP contribution in [0, 0.1) is 16.0 Å². The summed E-state index contributed by atoms with van der Waals surface area (Å²) in [6, 6.07) is 4.42. The number of hydrogen-bond acceptors (Lipinski definition) is 3. The quantitative estimate of drug-likeness (QED) is 0.485. The van der Waals surface area contributed by atoms with E-state index in [0.717, 1.165) is 5.33 Å². The van der Waals surface area contributed by atoms with Gasteiger partial charge in [0.2, 0.25) is 5.91 Å². The van der Waals surface area contributed by atoms with Crippen molar-refractivity contribution in [1.82, 2.24) is 0 Å². The van der Waals surface area contributed by atoms with E-state index in [1.54, 1.807) is 11.0 Å². The van der Waals surface area contributed by atoms with Crippen LogP contribution in [-0.2, 0) is 4.79 Å². The summed E-state index contributed by atoms with van der Waals surface area (Å²) in [7, 11) is 0. The topological polar surface area (TPSA) is 63.5 Å². The summed E-state index contributed by atoms with van der Waals surface area (Å²) in [5.41, 5.74) is 0.351. The van der Waals surface area contributed by atoms with E-state index in [-0.39, 0.29) is 22.5 Å². The monoisotopic (exact) mass is 332 g/mol. The summed E-state index contributed by atoms with van der Waals surface area (Å²) in [4.78, 5) is 23.6. The number of nitro benzene ring substituents is 1. The Labute approximate surface area is 117 Å². The van der Waals surface area contributed by atoms with Crippen LogP contribution in [0.4, 0.5) is 11.4 Å². The first-order valence-corrected chi connectivity index (χ1v) is 6.83. The van der Waals surface area contributed by atoms with Gasteiger partial charge in [0.15, 0.2) is 0 Å². The Kier molecular flexibility index (Phi) is 3.87. The van der Waals surface area contributed by atoms with E-state index in [1.165, 1.54) is 12.1 Å². The Hall–Kier alpha value is -1.14. The molecule has 0 N–H and O–H groups in total. The van der Waals surface area contributed by atoms with Crippen LogP contribution in [0.5, 0.6) is 0 Å². The van der Waals surface area contributed by atoms with Crippen molar-refractivity contribution >= 4 is 44.8 Å². The van der Waals surface area contributed by atoms with E-state index >= 15 is 0 Å². The third-order valence-electron chi connectivity index (χ3n) is 2.86. The number of halogens is 2. The van der Waals surface area contributed by atoms with Crippen LogP contribution < -0.4 is 4.90 Å². The maximum atomic E-state index is 11.8. The number of nitrogens with zero attached hydrogens (tertiary/aromatic N) is 2. The van der Waals surface area contributed by atoms with Crippen molar-refractivity contribution in [2.75, 3.05) is 16.8 Å². The Morgan fingerprint density at radius 3 is 2.83 bits per heavy atom. The number of hydrogen-bond donors (Lipinski definition) is 0. The number of carbonyl (C=O) groups is 1. The lowest BCUT2D eigenvalue weighted by Crippen LogP contribution is -2.24. The number of rotatable bonds is 3. The second-order valence-corrected chi connectivity index (χ2v) is 5.18. The molecule has 0 radical (unpaired) electrons. The number of alkyl halides is 1. The molecule has 1 aromatic carbocycles. The summed E-state index contributed by atoms with van der Waals surface area (Å²) in [5, 5.41) is 11.6. The van der Waals surface area contributed by atoms with Crippen LogP contribution in [-0.4, -0.2) is 22.7 Å². The second-order valence-electron chi connectivity index (χ2n) is 4.12. The maximum absolute atomic E-state index is 11.8. The molecule has 1 amide bonds. The lowest BCUT2D eigenvalue weighted by Gasteiger charge is -2.16. The molecule has 0 spiro atoms. The highest BCUT2D eigenvalue weighted by Crippen LogP contribution is 2.32. The minimum Gasteiger partial charge on any atom is -0.312 e. The van der Waals surface area contributed by atoms with Crippen molar-refractivity contribution in [1.29, 1.82) is 0 Å². The van der Waals surface area contributed by atoms with Crippen molar-refractivity contribution < 1.29 is 9.72 Å². The zero-order chi connectivity index (χ0) is 13.3. The van der Waals surface area contributed by atoms with E-state index in [9.17, 15) is 14.9 Å². The average Bonchev–Trinajstić information content (AvgIpc) is 2.71. The van der Waals surface area contributed by atoms with Gasteiger partial charge in [-0.15, -0.1) is 0 Å². The fourth-order valence-corrected chi connectivity index (χ4v) is 2.56. The highest BCUT2D eigenvalue weighted by Gasteiger charge is 2.30. The van der Waals surface area contributed by atoms with Crippen molar-refractivity contribution in [2.24, 2.45) is 5.92 Å². The molecule has 2 rings (SSSR count). The normalized spacial score (nSPS) is 19.3. The molecule has 1 aromatic rings. The van der Waals surface area contributed by atoms with Crippen LogP contribution in [0.2, 0.25) is 5.02 Å². The van der Waals surface area contributed by atoms with E-state index in [1.807, 2.05) is 0 Å². The number of anilines is 1. The van der Waals surface area contributed by atoms with E-state index in [2.05, 4.69) is 15.9 Å². The number of carbonyl (C=O) groups excluding carboxylic acids is 1. The fraction of sp³-hybridized carbons (Fsp3) is 0.364. The zero-order valence-corrected chi connectivity index (χ0v) is 11.6. The summed E-state index contributed by atoms with van der Waals surface area (Å²) >= 11 is 9.08. The van der Waals surface area contributed by atoms with Gasteiger partial charge in [0.05, 0.1) is 10.6 Å². The van der Waals surface area contributed by atoms with E-state index in [0.29, 0.717) is 18.7 Å². The molecular weight excluding hydrogens is 323 g/mol. The molecule has 7 heteroatoms. The lowest BCUT2D eigenvalue weighted by atomic mass is 10.2. The lowest BCUT2D eigenvalue weighted by molar-refractivity contribution is -0.384. The van der Waals surface area contributed by atoms with Gasteiger partial charge in [0, 0.05) is 24.4 Å². The van der Waals surface area contributed by atoms with Crippen LogP contribution in [0.3, 0.4) is 0 Å². The molecule has 1 aliphatic rings. The van der Waals surface area contributed by atoms with E-state index in [4.69, 9.17) is 11.6 Å². The molecule has 1 atom stereocenters. The fourth-order valence-electron chi connectivity index (χ4n) is 1.94. The Morgan fingerprint density at radius 2 is 2.28 bits per heavy atom. The van der Waals surface area contributed by atoms with Crippen molar-refractivity contribution in [3.05, 3.63) is 33.3 Å². The smallest absolute Gasteiger partial charge is 0.289 e. The minimum atomic E-state index is -0.547. The van der Waals surface area contributed by atoms with Gasteiger partial charge in [-0.3, -0.25) is 14.9 Å². The van der Waals surface area contributed by atoms with Gasteiger partial charge < -0.3 is 4.90 Å². The molecule has 5 nitrogen and oxygen atoms in total. The first kappa shape index (κ1) is 13.3. The molecule has 18 heavy (non-hydrogen) atoms. The van der Waals surface area contributed by atoms with Gasteiger partial charge in [-0.25, -0.2) is 0 Å². The van der Waals surface area contributed by atoms with Gasteiger partial charge in [0.25, 0.3) is 5.69 Å². The van der Waals surface area contributed by atoms with Gasteiger partial charge in [0.1, 0.15) is 5.02 Å². The number of nitro groups is 1.